The van der Waals surface area contributed by atoms with Gasteiger partial charge in [0.05, 0.1) is 17.7 Å². The second kappa shape index (κ2) is 12.4. The van der Waals surface area contributed by atoms with E-state index in [0.29, 0.717) is 12.0 Å². The third-order valence-corrected chi connectivity index (χ3v) is 4.53. The summed E-state index contributed by atoms with van der Waals surface area (Å²) in [6, 6.07) is 1.64. The van der Waals surface area contributed by atoms with Gasteiger partial charge < -0.3 is 16.2 Å². The number of carbonyl (C=O) groups is 1. The number of anilines is 1. The van der Waals surface area contributed by atoms with E-state index in [-0.39, 0.29) is 35.5 Å². The summed E-state index contributed by atoms with van der Waals surface area (Å²) in [7, 11) is 0. The molecule has 0 aliphatic heterocycles. The lowest BCUT2D eigenvalue weighted by atomic mass is 10.00. The molecular weight excluding hydrogens is 392 g/mol. The number of pyridine rings is 1. The molecule has 0 fully saturated rings. The van der Waals surface area contributed by atoms with Crippen molar-refractivity contribution in [1.82, 2.24) is 10.3 Å². The number of aromatic nitrogens is 1. The van der Waals surface area contributed by atoms with E-state index in [9.17, 15) is 14.3 Å². The second-order valence-corrected chi connectivity index (χ2v) is 7.60. The van der Waals surface area contributed by atoms with Crippen LogP contribution in [0.1, 0.15) is 75.2 Å². The van der Waals surface area contributed by atoms with E-state index < -0.39 is 17.7 Å². The van der Waals surface area contributed by atoms with Crippen molar-refractivity contribution < 1.29 is 14.3 Å². The van der Waals surface area contributed by atoms with Crippen LogP contribution in [-0.2, 0) is 6.42 Å². The number of amides is 1. The summed E-state index contributed by atoms with van der Waals surface area (Å²) >= 11 is 5.98. The first-order chi connectivity index (χ1) is 12.2. The van der Waals surface area contributed by atoms with E-state index >= 15 is 0 Å². The number of rotatable bonds is 11. The highest BCUT2D eigenvalue weighted by atomic mass is 35.5. The van der Waals surface area contributed by atoms with Crippen LogP contribution < -0.4 is 11.1 Å². The summed E-state index contributed by atoms with van der Waals surface area (Å²) in [5.74, 6) is -0.464. The number of nitrogens with one attached hydrogen (secondary N) is 1. The van der Waals surface area contributed by atoms with Gasteiger partial charge in [-0.05, 0) is 38.3 Å². The first kappa shape index (κ1) is 25.9. The van der Waals surface area contributed by atoms with Crippen LogP contribution in [0.25, 0.3) is 0 Å². The number of nitrogen functional groups attached to an aromatic ring is 1. The Labute approximate surface area is 172 Å². The van der Waals surface area contributed by atoms with E-state index in [1.165, 1.54) is 33.1 Å². The maximum absolute atomic E-state index is 13.9. The molecule has 1 atom stereocenters. The Morgan fingerprint density at radius 3 is 2.52 bits per heavy atom. The number of nitrogens with zero attached hydrogens (tertiary/aromatic N) is 1. The predicted octanol–water partition coefficient (Wildman–Crippen LogP) is 4.48. The molecule has 1 aromatic rings. The van der Waals surface area contributed by atoms with Crippen LogP contribution >= 0.6 is 24.0 Å². The van der Waals surface area contributed by atoms with Gasteiger partial charge in [0.1, 0.15) is 17.1 Å². The number of unbranched alkanes of at least 4 members (excludes halogenated alkanes) is 5. The van der Waals surface area contributed by atoms with E-state index in [1.807, 2.05) is 0 Å². The second-order valence-electron chi connectivity index (χ2n) is 7.21. The van der Waals surface area contributed by atoms with Gasteiger partial charge in [-0.2, -0.15) is 0 Å². The zero-order chi connectivity index (χ0) is 19.7. The Balaban J connectivity index is 0.00000676. The molecule has 0 saturated carbocycles. The Morgan fingerprint density at radius 1 is 1.33 bits per heavy atom. The van der Waals surface area contributed by atoms with Crippen molar-refractivity contribution in [3.05, 3.63) is 22.3 Å². The molecule has 1 aromatic heterocycles. The fraction of sp³-hybridized carbons (Fsp3) is 0.684. The molecule has 5 nitrogen and oxygen atoms in total. The molecule has 0 radical (unpaired) electrons. The molecule has 0 bridgehead atoms. The first-order valence-corrected chi connectivity index (χ1v) is 9.64. The van der Waals surface area contributed by atoms with Crippen LogP contribution in [0.3, 0.4) is 0 Å². The summed E-state index contributed by atoms with van der Waals surface area (Å²) in [5.41, 5.74) is 5.31. The van der Waals surface area contributed by atoms with Crippen molar-refractivity contribution >= 4 is 35.7 Å². The summed E-state index contributed by atoms with van der Waals surface area (Å²) in [6.45, 7) is 4.57. The van der Waals surface area contributed by atoms with Crippen molar-refractivity contribution in [2.24, 2.45) is 0 Å². The summed E-state index contributed by atoms with van der Waals surface area (Å²) in [5, 5.41) is 12.4. The fourth-order valence-corrected chi connectivity index (χ4v) is 2.88. The molecule has 1 unspecified atom stereocenters. The zero-order valence-corrected chi connectivity index (χ0v) is 17.9. The van der Waals surface area contributed by atoms with Crippen molar-refractivity contribution in [2.45, 2.75) is 77.5 Å². The molecule has 1 amide bonds. The van der Waals surface area contributed by atoms with E-state index in [1.54, 1.807) is 6.07 Å². The number of hydrogen-bond donors (Lipinski definition) is 3. The number of carbonyl (C=O) groups excluding carboxylic acids is 1. The van der Waals surface area contributed by atoms with E-state index in [0.717, 1.165) is 19.3 Å². The lowest BCUT2D eigenvalue weighted by Gasteiger charge is -2.22. The van der Waals surface area contributed by atoms with Gasteiger partial charge in [0.2, 0.25) is 0 Å². The molecule has 1 heterocycles. The van der Waals surface area contributed by atoms with Crippen LogP contribution in [0.15, 0.2) is 6.07 Å². The van der Waals surface area contributed by atoms with Gasteiger partial charge >= 0.3 is 0 Å². The highest BCUT2D eigenvalue weighted by Gasteiger charge is 2.27. The quantitative estimate of drug-likeness (QED) is 0.361. The molecular formula is C19H32Cl2FN3O2. The molecule has 27 heavy (non-hydrogen) atoms. The summed E-state index contributed by atoms with van der Waals surface area (Å²) < 4.78 is 13.9. The predicted molar refractivity (Wildman–Crippen MR) is 112 cm³/mol. The largest absolute Gasteiger partial charge is 0.387 e. The first-order valence-electron chi connectivity index (χ1n) is 9.26. The number of nitrogens with two attached hydrogens (primary N) is 1. The van der Waals surface area contributed by atoms with Gasteiger partial charge in [-0.15, -0.1) is 12.4 Å². The maximum Gasteiger partial charge on any atom is 0.255 e. The van der Waals surface area contributed by atoms with Crippen molar-refractivity contribution in [2.75, 3.05) is 12.3 Å². The Kier molecular flexibility index (Phi) is 11.9. The Morgan fingerprint density at radius 2 is 1.93 bits per heavy atom. The number of aliphatic hydroxyl groups is 1. The van der Waals surface area contributed by atoms with Crippen LogP contribution in [0.2, 0.25) is 5.15 Å². The lowest BCUT2D eigenvalue weighted by molar-refractivity contribution is -0.00177. The van der Waals surface area contributed by atoms with Crippen LogP contribution in [0.4, 0.5) is 10.2 Å². The fourth-order valence-electron chi connectivity index (χ4n) is 2.66. The standard InChI is InChI=1S/C19H31ClFN3O2.ClH/c1-4-5-6-7-8-9-10-13-11-15(20)24-17(22)16(13)18(25)23-12-14(21)19(2,3)26;/h11,14,26H,4-10,12H2,1-3H3,(H2,22,24)(H,23,25);1H. The van der Waals surface area contributed by atoms with Gasteiger partial charge in [-0.1, -0.05) is 50.6 Å². The monoisotopic (exact) mass is 423 g/mol. The number of hydrogen-bond acceptors (Lipinski definition) is 4. The van der Waals surface area contributed by atoms with Gasteiger partial charge in [-0.3, -0.25) is 4.79 Å². The Bertz CT molecular complexity index is 595. The molecule has 0 aromatic carbocycles. The third-order valence-electron chi connectivity index (χ3n) is 4.33. The molecule has 0 spiro atoms. The summed E-state index contributed by atoms with van der Waals surface area (Å²) in [6.07, 6.45) is 5.83. The topological polar surface area (TPSA) is 88.2 Å². The van der Waals surface area contributed by atoms with Gasteiger partial charge in [0.25, 0.3) is 5.91 Å². The van der Waals surface area contributed by atoms with Crippen LogP contribution in [-0.4, -0.2) is 34.3 Å². The zero-order valence-electron chi connectivity index (χ0n) is 16.4. The number of halogens is 3. The highest BCUT2D eigenvalue weighted by Crippen LogP contribution is 2.22. The van der Waals surface area contributed by atoms with Crippen LogP contribution in [0, 0.1) is 0 Å². The average molecular weight is 424 g/mol. The summed E-state index contributed by atoms with van der Waals surface area (Å²) in [4.78, 5) is 16.4. The highest BCUT2D eigenvalue weighted by molar-refractivity contribution is 6.29. The Hall–Kier alpha value is -1.11. The van der Waals surface area contributed by atoms with Crippen LogP contribution in [0.5, 0.6) is 0 Å². The molecule has 0 saturated heterocycles. The molecule has 8 heteroatoms. The third kappa shape index (κ3) is 9.08. The minimum atomic E-state index is -1.59. The minimum Gasteiger partial charge on any atom is -0.387 e. The van der Waals surface area contributed by atoms with Crippen molar-refractivity contribution in [1.29, 1.82) is 0 Å². The normalized spacial score (nSPS) is 12.4. The smallest absolute Gasteiger partial charge is 0.255 e. The molecule has 0 aliphatic rings. The molecule has 1 rings (SSSR count). The van der Waals surface area contributed by atoms with Gasteiger partial charge in [0, 0.05) is 0 Å². The molecule has 4 N–H and O–H groups in total. The lowest BCUT2D eigenvalue weighted by Crippen LogP contribution is -2.42. The molecule has 0 aliphatic carbocycles. The maximum atomic E-state index is 13.9. The SMILES string of the molecule is CCCCCCCCc1cc(Cl)nc(N)c1C(=O)NCC(F)C(C)(C)O.Cl. The van der Waals surface area contributed by atoms with E-state index in [4.69, 9.17) is 17.3 Å². The van der Waals surface area contributed by atoms with Gasteiger partial charge in [0.15, 0.2) is 0 Å². The molecule has 156 valence electrons. The van der Waals surface area contributed by atoms with Gasteiger partial charge in [-0.25, -0.2) is 9.37 Å². The van der Waals surface area contributed by atoms with Crippen molar-refractivity contribution in [3.8, 4) is 0 Å². The number of aryl methyl sites for hydroxylation is 1. The van der Waals surface area contributed by atoms with Crippen molar-refractivity contribution in [3.63, 3.8) is 0 Å². The minimum absolute atomic E-state index is 0. The van der Waals surface area contributed by atoms with E-state index in [2.05, 4.69) is 17.2 Å². The number of alkyl halides is 1. The average Bonchev–Trinajstić information content (AvgIpc) is 2.54.